The molecule has 6 nitrogen and oxygen atoms in total. The van der Waals surface area contributed by atoms with Crippen LogP contribution in [-0.2, 0) is 14.3 Å². The largest absolute Gasteiger partial charge is 0.481 e. The molecule has 0 aromatic carbocycles. The topological polar surface area (TPSA) is 83.9 Å². The highest BCUT2D eigenvalue weighted by Gasteiger charge is 2.54. The Labute approximate surface area is 143 Å². The van der Waals surface area contributed by atoms with Gasteiger partial charge in [0.15, 0.2) is 0 Å². The zero-order valence-electron chi connectivity index (χ0n) is 14.2. The van der Waals surface area contributed by atoms with E-state index < -0.39 is 54.4 Å². The monoisotopic (exact) mass is 365 g/mol. The minimum atomic E-state index is -4.93. The second kappa shape index (κ2) is 7.88. The van der Waals surface area contributed by atoms with Gasteiger partial charge in [-0.2, -0.15) is 13.2 Å². The van der Waals surface area contributed by atoms with Gasteiger partial charge in [-0.3, -0.25) is 9.59 Å². The molecule has 2 amide bonds. The Hall–Kier alpha value is -2.06. The van der Waals surface area contributed by atoms with E-state index in [9.17, 15) is 27.6 Å². The summed E-state index contributed by atoms with van der Waals surface area (Å²) in [6, 6.07) is -0.681. The summed E-state index contributed by atoms with van der Waals surface area (Å²) in [5.41, 5.74) is 0. The molecule has 0 aromatic rings. The maximum Gasteiger partial charge on any atom is 0.416 e. The summed E-state index contributed by atoms with van der Waals surface area (Å²) in [6.45, 7) is 7.58. The van der Waals surface area contributed by atoms with Crippen molar-refractivity contribution < 1.29 is 37.4 Å². The van der Waals surface area contributed by atoms with Gasteiger partial charge in [-0.1, -0.05) is 26.8 Å². The van der Waals surface area contributed by atoms with Crippen LogP contribution in [0.5, 0.6) is 0 Å². The number of carboxylic acids is 1. The molecule has 0 spiro atoms. The molecule has 1 rings (SSSR count). The number of imide groups is 1. The lowest BCUT2D eigenvalue weighted by atomic mass is 9.79. The number of ether oxygens (including phenoxy) is 1. The summed E-state index contributed by atoms with van der Waals surface area (Å²) in [7, 11) is 0. The van der Waals surface area contributed by atoms with Gasteiger partial charge in [0.1, 0.15) is 6.61 Å². The molecule has 9 heteroatoms. The molecule has 1 aliphatic rings. The van der Waals surface area contributed by atoms with Crippen molar-refractivity contribution in [1.82, 2.24) is 4.90 Å². The van der Waals surface area contributed by atoms with Gasteiger partial charge in [0.2, 0.25) is 5.91 Å². The van der Waals surface area contributed by atoms with E-state index in [0.717, 1.165) is 13.0 Å². The Balaban J connectivity index is 3.22. The van der Waals surface area contributed by atoms with Crippen LogP contribution >= 0.6 is 0 Å². The van der Waals surface area contributed by atoms with Gasteiger partial charge in [0, 0.05) is 5.92 Å². The smallest absolute Gasteiger partial charge is 0.416 e. The summed E-state index contributed by atoms with van der Waals surface area (Å²) < 4.78 is 45.3. The summed E-state index contributed by atoms with van der Waals surface area (Å²) in [4.78, 5) is 36.4. The molecule has 0 aliphatic carbocycles. The molecule has 0 aromatic heterocycles. The molecule has 0 saturated carbocycles. The summed E-state index contributed by atoms with van der Waals surface area (Å²) in [5, 5.41) is 9.16. The fourth-order valence-corrected chi connectivity index (χ4v) is 2.99. The molecule has 1 fully saturated rings. The Morgan fingerprint density at radius 2 is 1.96 bits per heavy atom. The van der Waals surface area contributed by atoms with Crippen molar-refractivity contribution in [1.29, 1.82) is 0 Å². The van der Waals surface area contributed by atoms with Crippen molar-refractivity contribution in [3.05, 3.63) is 12.7 Å². The number of carbonyl (C=O) groups excluding carboxylic acids is 2. The van der Waals surface area contributed by atoms with E-state index >= 15 is 0 Å². The van der Waals surface area contributed by atoms with Crippen molar-refractivity contribution in [2.75, 3.05) is 6.61 Å². The van der Waals surface area contributed by atoms with Crippen molar-refractivity contribution in [3.8, 4) is 0 Å². The Morgan fingerprint density at radius 1 is 1.40 bits per heavy atom. The molecule has 0 bridgehead atoms. The van der Waals surface area contributed by atoms with Gasteiger partial charge in [-0.25, -0.2) is 9.69 Å². The number of nitrogens with zero attached hydrogens (tertiary/aromatic N) is 1. The predicted molar refractivity (Wildman–Crippen MR) is 81.5 cm³/mol. The fraction of sp³-hybridized carbons (Fsp3) is 0.688. The van der Waals surface area contributed by atoms with E-state index in [-0.39, 0.29) is 12.5 Å². The van der Waals surface area contributed by atoms with Gasteiger partial charge < -0.3 is 9.84 Å². The fourth-order valence-electron chi connectivity index (χ4n) is 2.99. The van der Waals surface area contributed by atoms with Gasteiger partial charge >= 0.3 is 18.2 Å². The minimum absolute atomic E-state index is 0.0966. The van der Waals surface area contributed by atoms with Crippen LogP contribution in [0.15, 0.2) is 12.7 Å². The third-order valence-corrected chi connectivity index (χ3v) is 4.39. The van der Waals surface area contributed by atoms with Gasteiger partial charge in [-0.15, -0.1) is 6.58 Å². The summed E-state index contributed by atoms with van der Waals surface area (Å²) in [5.74, 6) is -9.04. The molecule has 25 heavy (non-hydrogen) atoms. The number of hydrogen-bond donors (Lipinski definition) is 1. The standard InChI is InChI=1S/C16H22F3NO5/c1-5-6-10(14(22)23)12(16(17,18)19)9(4)13(21)20-11(8(2)3)7-25-15(20)24/h5,8-12H,1,6-7H2,2-4H3,(H,22,23)/t9-,10-,11-,12+/m1/s1. The first-order valence-electron chi connectivity index (χ1n) is 7.83. The molecule has 0 radical (unpaired) electrons. The predicted octanol–water partition coefficient (Wildman–Crippen LogP) is 3.08. The maximum atomic E-state index is 13.5. The van der Waals surface area contributed by atoms with Crippen LogP contribution in [0.25, 0.3) is 0 Å². The van der Waals surface area contributed by atoms with Crippen LogP contribution in [-0.4, -0.2) is 46.8 Å². The van der Waals surface area contributed by atoms with Gasteiger partial charge in [0.25, 0.3) is 0 Å². The number of amides is 2. The van der Waals surface area contributed by atoms with Crippen LogP contribution in [0.2, 0.25) is 0 Å². The van der Waals surface area contributed by atoms with Crippen molar-refractivity contribution in [3.63, 3.8) is 0 Å². The zero-order chi connectivity index (χ0) is 19.5. The Kier molecular flexibility index (Phi) is 6.61. The second-order valence-electron chi connectivity index (χ2n) is 6.42. The van der Waals surface area contributed by atoms with Gasteiger partial charge in [-0.05, 0) is 12.3 Å². The van der Waals surface area contributed by atoms with E-state index in [4.69, 9.17) is 9.84 Å². The highest BCUT2D eigenvalue weighted by molar-refractivity contribution is 5.95. The Bertz CT molecular complexity index is 546. The average Bonchev–Trinajstić information content (AvgIpc) is 2.86. The molecule has 1 saturated heterocycles. The lowest BCUT2D eigenvalue weighted by Crippen LogP contribution is -2.50. The van der Waals surface area contributed by atoms with Crippen LogP contribution in [0.4, 0.5) is 18.0 Å². The molecular formula is C16H22F3NO5. The lowest BCUT2D eigenvalue weighted by molar-refractivity contribution is -0.210. The second-order valence-corrected chi connectivity index (χ2v) is 6.42. The SMILES string of the molecule is C=CC[C@@H](C(=O)O)[C@H]([C@@H](C)C(=O)N1C(=O)OC[C@@H]1C(C)C)C(F)(F)F. The maximum absolute atomic E-state index is 13.5. The number of carboxylic acid groups (broad SMARTS) is 1. The van der Waals surface area contributed by atoms with Crippen LogP contribution in [0, 0.1) is 23.7 Å². The zero-order valence-corrected chi connectivity index (χ0v) is 14.2. The van der Waals surface area contributed by atoms with Crippen LogP contribution < -0.4 is 0 Å². The number of carbonyl (C=O) groups is 3. The summed E-state index contributed by atoms with van der Waals surface area (Å²) in [6.07, 6.45) is -5.32. The molecule has 1 N–H and O–H groups in total. The highest BCUT2D eigenvalue weighted by atomic mass is 19.4. The molecule has 1 aliphatic heterocycles. The number of rotatable bonds is 7. The molecule has 4 atom stereocenters. The number of cyclic esters (lactones) is 1. The van der Waals surface area contributed by atoms with Gasteiger partial charge in [0.05, 0.1) is 17.9 Å². The van der Waals surface area contributed by atoms with Crippen LogP contribution in [0.3, 0.4) is 0 Å². The lowest BCUT2D eigenvalue weighted by Gasteiger charge is -2.33. The number of aliphatic carboxylic acids is 1. The molecular weight excluding hydrogens is 343 g/mol. The first-order valence-corrected chi connectivity index (χ1v) is 7.83. The number of allylic oxidation sites excluding steroid dienone is 1. The van der Waals surface area contributed by atoms with Crippen molar-refractivity contribution in [2.45, 2.75) is 39.4 Å². The highest BCUT2D eigenvalue weighted by Crippen LogP contribution is 2.41. The number of alkyl halides is 3. The normalized spacial score (nSPS) is 21.6. The third kappa shape index (κ3) is 4.52. The van der Waals surface area contributed by atoms with E-state index in [0.29, 0.717) is 4.90 Å². The molecule has 142 valence electrons. The van der Waals surface area contributed by atoms with E-state index in [2.05, 4.69) is 6.58 Å². The quantitative estimate of drug-likeness (QED) is 0.701. The van der Waals surface area contributed by atoms with Crippen molar-refractivity contribution in [2.24, 2.45) is 23.7 Å². The third-order valence-electron chi connectivity index (χ3n) is 4.39. The number of hydrogen-bond acceptors (Lipinski definition) is 4. The molecule has 0 unspecified atom stereocenters. The first-order chi connectivity index (χ1) is 11.4. The first kappa shape index (κ1) is 21.0. The van der Waals surface area contributed by atoms with E-state index in [1.165, 1.54) is 0 Å². The van der Waals surface area contributed by atoms with E-state index in [1.54, 1.807) is 13.8 Å². The van der Waals surface area contributed by atoms with E-state index in [1.807, 2.05) is 0 Å². The average molecular weight is 365 g/mol. The summed E-state index contributed by atoms with van der Waals surface area (Å²) >= 11 is 0. The molecule has 1 heterocycles. The van der Waals surface area contributed by atoms with Crippen molar-refractivity contribution >= 4 is 18.0 Å². The van der Waals surface area contributed by atoms with Crippen LogP contribution in [0.1, 0.15) is 27.2 Å². The minimum Gasteiger partial charge on any atom is -0.481 e. The Morgan fingerprint density at radius 3 is 2.36 bits per heavy atom. The number of halogens is 3.